The third kappa shape index (κ3) is 5.37. The van der Waals surface area contributed by atoms with Crippen LogP contribution in [0, 0.1) is 0 Å². The Morgan fingerprint density at radius 3 is 2.75 bits per heavy atom. The average Bonchev–Trinajstić information content (AvgIpc) is 2.20. The van der Waals surface area contributed by atoms with E-state index >= 15 is 0 Å². The van der Waals surface area contributed by atoms with Crippen molar-refractivity contribution in [2.45, 2.75) is 63.7 Å². The zero-order valence-electron chi connectivity index (χ0n) is 10.7. The van der Waals surface area contributed by atoms with E-state index in [1.165, 1.54) is 44.1 Å². The van der Waals surface area contributed by atoms with Gasteiger partial charge in [-0.25, -0.2) is 0 Å². The lowest BCUT2D eigenvalue weighted by atomic mass is 9.96. The van der Waals surface area contributed by atoms with E-state index in [1.54, 1.807) is 0 Å². The Hall–Kier alpha value is 0.0100. The summed E-state index contributed by atoms with van der Waals surface area (Å²) < 4.78 is 0. The maximum absolute atomic E-state index is 5.68. The molecule has 0 radical (unpaired) electrons. The Morgan fingerprint density at radius 2 is 2.06 bits per heavy atom. The summed E-state index contributed by atoms with van der Waals surface area (Å²) in [5.74, 6) is 6.77. The van der Waals surface area contributed by atoms with Gasteiger partial charge in [0.15, 0.2) is 0 Å². The van der Waals surface area contributed by atoms with Crippen LogP contribution in [0.2, 0.25) is 0 Å². The predicted molar refractivity (Wildman–Crippen MR) is 74.5 cm³/mol. The van der Waals surface area contributed by atoms with Gasteiger partial charge in [-0.3, -0.25) is 11.3 Å². The Balaban J connectivity index is 2.47. The first-order chi connectivity index (χ1) is 7.74. The number of hydrazine groups is 1. The number of nitrogens with one attached hydrogen (secondary N) is 1. The highest BCUT2D eigenvalue weighted by Gasteiger charge is 2.14. The van der Waals surface area contributed by atoms with Crippen LogP contribution in [-0.2, 0) is 0 Å². The van der Waals surface area contributed by atoms with E-state index in [9.17, 15) is 0 Å². The van der Waals surface area contributed by atoms with E-state index in [0.717, 1.165) is 5.75 Å². The van der Waals surface area contributed by atoms with Crippen molar-refractivity contribution >= 4 is 11.8 Å². The molecule has 1 unspecified atom stereocenters. The van der Waals surface area contributed by atoms with Gasteiger partial charge in [-0.1, -0.05) is 38.3 Å². The molecule has 2 nitrogen and oxygen atoms in total. The highest BCUT2D eigenvalue weighted by molar-refractivity contribution is 7.99. The van der Waals surface area contributed by atoms with Crippen molar-refractivity contribution < 1.29 is 0 Å². The van der Waals surface area contributed by atoms with Crippen LogP contribution in [0.25, 0.3) is 0 Å². The second-order valence-corrected chi connectivity index (χ2v) is 6.44. The van der Waals surface area contributed by atoms with Crippen LogP contribution in [0.3, 0.4) is 0 Å². The number of hydrogen-bond acceptors (Lipinski definition) is 3. The first kappa shape index (κ1) is 14.1. The highest BCUT2D eigenvalue weighted by Crippen LogP contribution is 2.22. The lowest BCUT2D eigenvalue weighted by Crippen LogP contribution is -2.39. The molecule has 0 spiro atoms. The van der Waals surface area contributed by atoms with E-state index in [4.69, 9.17) is 5.84 Å². The quantitative estimate of drug-likeness (QED) is 0.441. The van der Waals surface area contributed by atoms with Crippen LogP contribution in [0.15, 0.2) is 11.6 Å². The molecule has 0 aliphatic heterocycles. The van der Waals surface area contributed by atoms with Gasteiger partial charge in [0.05, 0.1) is 6.04 Å². The summed E-state index contributed by atoms with van der Waals surface area (Å²) in [7, 11) is 0. The molecule has 1 rings (SSSR count). The van der Waals surface area contributed by atoms with Gasteiger partial charge in [-0.15, -0.1) is 0 Å². The van der Waals surface area contributed by atoms with Crippen molar-refractivity contribution in [3.05, 3.63) is 11.6 Å². The minimum absolute atomic E-state index is 0.380. The van der Waals surface area contributed by atoms with Gasteiger partial charge in [0.2, 0.25) is 0 Å². The van der Waals surface area contributed by atoms with Crippen LogP contribution in [0.5, 0.6) is 0 Å². The molecule has 0 amide bonds. The fraction of sp³-hybridized carbons (Fsp3) is 0.846. The number of thioether (sulfide) groups is 1. The number of nitrogens with two attached hydrogens (primary N) is 1. The summed E-state index contributed by atoms with van der Waals surface area (Å²) in [6.45, 7) is 4.48. The van der Waals surface area contributed by atoms with E-state index in [-0.39, 0.29) is 0 Å². The Morgan fingerprint density at radius 1 is 1.31 bits per heavy atom. The Labute approximate surface area is 104 Å². The summed E-state index contributed by atoms with van der Waals surface area (Å²) in [5.41, 5.74) is 4.52. The van der Waals surface area contributed by atoms with Gasteiger partial charge in [0, 0.05) is 5.75 Å². The van der Waals surface area contributed by atoms with Crippen molar-refractivity contribution in [1.29, 1.82) is 0 Å². The van der Waals surface area contributed by atoms with Gasteiger partial charge < -0.3 is 0 Å². The number of rotatable bonds is 5. The lowest BCUT2D eigenvalue weighted by molar-refractivity contribution is 0.567. The smallest absolute Gasteiger partial charge is 0.0510 e. The molecule has 1 aliphatic carbocycles. The zero-order valence-corrected chi connectivity index (χ0v) is 11.5. The normalized spacial score (nSPS) is 20.1. The van der Waals surface area contributed by atoms with Crippen LogP contribution < -0.4 is 11.3 Å². The second kappa shape index (κ2) is 8.15. The van der Waals surface area contributed by atoms with Crippen LogP contribution in [0.4, 0.5) is 0 Å². The average molecular weight is 242 g/mol. The first-order valence-electron chi connectivity index (χ1n) is 6.50. The number of hydrogen-bond donors (Lipinski definition) is 2. The molecule has 1 aliphatic rings. The van der Waals surface area contributed by atoms with E-state index < -0.39 is 0 Å². The minimum Gasteiger partial charge on any atom is -0.271 e. The molecule has 0 aromatic rings. The fourth-order valence-corrected chi connectivity index (χ4v) is 2.97. The molecule has 0 bridgehead atoms. The van der Waals surface area contributed by atoms with Gasteiger partial charge in [0.25, 0.3) is 0 Å². The van der Waals surface area contributed by atoms with Crippen molar-refractivity contribution in [2.75, 3.05) is 5.75 Å². The van der Waals surface area contributed by atoms with Crippen molar-refractivity contribution in [2.24, 2.45) is 5.84 Å². The third-order valence-corrected chi connectivity index (χ3v) is 4.26. The zero-order chi connectivity index (χ0) is 11.8. The molecule has 3 N–H and O–H groups in total. The Bertz CT molecular complexity index is 214. The molecule has 0 saturated heterocycles. The highest BCUT2D eigenvalue weighted by atomic mass is 32.2. The summed E-state index contributed by atoms with van der Waals surface area (Å²) in [6, 6.07) is 0.380. The summed E-state index contributed by atoms with van der Waals surface area (Å²) in [6.07, 6.45) is 10.3. The molecule has 16 heavy (non-hydrogen) atoms. The SMILES string of the molecule is CC(C)SCC(NN)C1=CCCCCCC1. The largest absolute Gasteiger partial charge is 0.271 e. The minimum atomic E-state index is 0.380. The standard InChI is InChI=1S/C13H26N2S/c1-11(2)16-10-13(15-14)12-8-6-4-3-5-7-9-12/h8,11,13,15H,3-7,9-10,14H2,1-2H3. The second-order valence-electron chi connectivity index (χ2n) is 4.83. The summed E-state index contributed by atoms with van der Waals surface area (Å²) in [4.78, 5) is 0. The fourth-order valence-electron chi connectivity index (χ4n) is 2.08. The lowest BCUT2D eigenvalue weighted by Gasteiger charge is -2.22. The van der Waals surface area contributed by atoms with E-state index in [2.05, 4.69) is 25.3 Å². The van der Waals surface area contributed by atoms with Crippen molar-refractivity contribution in [1.82, 2.24) is 5.43 Å². The van der Waals surface area contributed by atoms with Crippen LogP contribution in [-0.4, -0.2) is 17.0 Å². The molecule has 0 aromatic heterocycles. The maximum atomic E-state index is 5.68. The molecule has 0 fully saturated rings. The third-order valence-electron chi connectivity index (χ3n) is 3.07. The molecule has 0 heterocycles. The van der Waals surface area contributed by atoms with E-state index in [1.807, 2.05) is 11.8 Å². The number of allylic oxidation sites excluding steroid dienone is 1. The van der Waals surface area contributed by atoms with Gasteiger partial charge in [-0.2, -0.15) is 11.8 Å². The molecule has 3 heteroatoms. The molecule has 0 saturated carbocycles. The van der Waals surface area contributed by atoms with Crippen molar-refractivity contribution in [3.63, 3.8) is 0 Å². The van der Waals surface area contributed by atoms with Crippen LogP contribution >= 0.6 is 11.8 Å². The molecule has 94 valence electrons. The van der Waals surface area contributed by atoms with Gasteiger partial charge >= 0.3 is 0 Å². The molecular weight excluding hydrogens is 216 g/mol. The predicted octanol–water partition coefficient (Wildman–Crippen LogP) is 3.24. The molecule has 0 aromatic carbocycles. The van der Waals surface area contributed by atoms with E-state index in [0.29, 0.717) is 11.3 Å². The summed E-state index contributed by atoms with van der Waals surface area (Å²) >= 11 is 1.99. The first-order valence-corrected chi connectivity index (χ1v) is 7.55. The Kier molecular flexibility index (Phi) is 7.17. The van der Waals surface area contributed by atoms with Gasteiger partial charge in [-0.05, 0) is 30.9 Å². The maximum Gasteiger partial charge on any atom is 0.0510 e. The van der Waals surface area contributed by atoms with Gasteiger partial charge in [0.1, 0.15) is 0 Å². The molecular formula is C13H26N2S. The van der Waals surface area contributed by atoms with Crippen LogP contribution in [0.1, 0.15) is 52.4 Å². The summed E-state index contributed by atoms with van der Waals surface area (Å²) in [5, 5.41) is 0.685. The monoisotopic (exact) mass is 242 g/mol. The topological polar surface area (TPSA) is 38.0 Å². The molecule has 1 atom stereocenters. The van der Waals surface area contributed by atoms with Crippen molar-refractivity contribution in [3.8, 4) is 0 Å².